The van der Waals surface area contributed by atoms with Gasteiger partial charge in [0, 0.05) is 39.5 Å². The summed E-state index contributed by atoms with van der Waals surface area (Å²) in [6.45, 7) is 3.77. The van der Waals surface area contributed by atoms with E-state index in [9.17, 15) is 14.4 Å². The molecule has 206 valence electrons. The van der Waals surface area contributed by atoms with E-state index < -0.39 is 17.6 Å². The number of benzene rings is 3. The van der Waals surface area contributed by atoms with E-state index >= 15 is 0 Å². The highest BCUT2D eigenvalue weighted by Crippen LogP contribution is 2.20. The second-order valence-electron chi connectivity index (χ2n) is 10.7. The van der Waals surface area contributed by atoms with Crippen molar-refractivity contribution < 1.29 is 14.4 Å². The lowest BCUT2D eigenvalue weighted by molar-refractivity contribution is -0.146. The molecule has 0 aliphatic heterocycles. The van der Waals surface area contributed by atoms with E-state index in [0.717, 1.165) is 21.9 Å². The van der Waals surface area contributed by atoms with Crippen molar-refractivity contribution in [3.63, 3.8) is 0 Å². The number of nitrogens with two attached hydrogens (primary N) is 1. The zero-order chi connectivity index (χ0) is 28.6. The number of likely N-dealkylation sites (N-methyl/N-ethyl adjacent to an activating group) is 3. The summed E-state index contributed by atoms with van der Waals surface area (Å²) in [5, 5.41) is 4.84. The first kappa shape index (κ1) is 29.6. The number of rotatable bonds is 11. The Labute approximate surface area is 231 Å². The Kier molecular flexibility index (Phi) is 10.0. The molecule has 0 saturated carbocycles. The molecule has 3 aromatic rings. The molecular formula is C32H40N4O3. The number of nitrogens with zero attached hydrogens (tertiary/aromatic N) is 2. The van der Waals surface area contributed by atoms with Crippen molar-refractivity contribution in [2.45, 2.75) is 50.7 Å². The Morgan fingerprint density at radius 3 is 2.10 bits per heavy atom. The van der Waals surface area contributed by atoms with Crippen molar-refractivity contribution in [3.8, 4) is 0 Å². The van der Waals surface area contributed by atoms with Crippen molar-refractivity contribution in [1.82, 2.24) is 15.1 Å². The van der Waals surface area contributed by atoms with Gasteiger partial charge in [0.2, 0.25) is 17.7 Å². The predicted molar refractivity (Wildman–Crippen MR) is 157 cm³/mol. The van der Waals surface area contributed by atoms with E-state index in [1.807, 2.05) is 86.6 Å². The van der Waals surface area contributed by atoms with Crippen LogP contribution in [0.4, 0.5) is 0 Å². The molecule has 7 nitrogen and oxygen atoms in total. The highest BCUT2D eigenvalue weighted by molar-refractivity contribution is 5.95. The average Bonchev–Trinajstić information content (AvgIpc) is 2.92. The van der Waals surface area contributed by atoms with Crippen LogP contribution in [0, 0.1) is 0 Å². The fourth-order valence-corrected chi connectivity index (χ4v) is 4.51. The topological polar surface area (TPSA) is 95.7 Å². The SMILES string of the molecule is CNC(=O)[C@H](Cc1ccccc1)N(C)C(=O)[C@H](Cc1ccc2ccccc2c1)N(C)C(=O)/C=C/CC(C)(C)N. The van der Waals surface area contributed by atoms with E-state index in [4.69, 9.17) is 5.73 Å². The summed E-state index contributed by atoms with van der Waals surface area (Å²) in [4.78, 5) is 43.1. The van der Waals surface area contributed by atoms with E-state index in [2.05, 4.69) is 5.32 Å². The normalized spacial score (nSPS) is 13.2. The smallest absolute Gasteiger partial charge is 0.246 e. The summed E-state index contributed by atoms with van der Waals surface area (Å²) in [5.74, 6) is -0.874. The third-order valence-electron chi connectivity index (χ3n) is 6.88. The van der Waals surface area contributed by atoms with Crippen LogP contribution in [0.1, 0.15) is 31.4 Å². The van der Waals surface area contributed by atoms with Crippen LogP contribution in [0.5, 0.6) is 0 Å². The monoisotopic (exact) mass is 528 g/mol. The molecule has 0 radical (unpaired) electrons. The summed E-state index contributed by atoms with van der Waals surface area (Å²) < 4.78 is 0. The average molecular weight is 529 g/mol. The molecule has 0 aromatic heterocycles. The van der Waals surface area contributed by atoms with Gasteiger partial charge < -0.3 is 20.9 Å². The lowest BCUT2D eigenvalue weighted by atomic mass is 9.98. The fraction of sp³-hybridized carbons (Fsp3) is 0.344. The molecule has 0 saturated heterocycles. The van der Waals surface area contributed by atoms with Crippen LogP contribution in [-0.2, 0) is 27.2 Å². The van der Waals surface area contributed by atoms with Crippen LogP contribution in [0.2, 0.25) is 0 Å². The molecule has 3 rings (SSSR count). The Morgan fingerprint density at radius 2 is 1.46 bits per heavy atom. The maximum absolute atomic E-state index is 14.1. The molecule has 7 heteroatoms. The third kappa shape index (κ3) is 8.26. The van der Waals surface area contributed by atoms with Gasteiger partial charge in [0.25, 0.3) is 0 Å². The van der Waals surface area contributed by atoms with Gasteiger partial charge in [0.1, 0.15) is 12.1 Å². The number of hydrogen-bond donors (Lipinski definition) is 2. The number of carbonyl (C=O) groups is 3. The molecule has 0 aliphatic rings. The zero-order valence-electron chi connectivity index (χ0n) is 23.6. The summed E-state index contributed by atoms with van der Waals surface area (Å²) in [6, 6.07) is 22.1. The molecule has 0 fully saturated rings. The first-order valence-corrected chi connectivity index (χ1v) is 13.2. The minimum absolute atomic E-state index is 0.266. The first-order valence-electron chi connectivity index (χ1n) is 13.2. The van der Waals surface area contributed by atoms with Crippen molar-refractivity contribution in [1.29, 1.82) is 0 Å². The van der Waals surface area contributed by atoms with Crippen molar-refractivity contribution in [2.24, 2.45) is 5.73 Å². The van der Waals surface area contributed by atoms with Crippen LogP contribution in [-0.4, -0.2) is 66.3 Å². The van der Waals surface area contributed by atoms with Gasteiger partial charge in [-0.2, -0.15) is 0 Å². The van der Waals surface area contributed by atoms with E-state index in [0.29, 0.717) is 19.3 Å². The lowest BCUT2D eigenvalue weighted by Gasteiger charge is -2.34. The number of hydrogen-bond acceptors (Lipinski definition) is 4. The van der Waals surface area contributed by atoms with Gasteiger partial charge in [0.05, 0.1) is 0 Å². The van der Waals surface area contributed by atoms with Gasteiger partial charge in [-0.3, -0.25) is 14.4 Å². The van der Waals surface area contributed by atoms with Gasteiger partial charge in [-0.25, -0.2) is 0 Å². The van der Waals surface area contributed by atoms with Gasteiger partial charge >= 0.3 is 0 Å². The number of amides is 3. The zero-order valence-corrected chi connectivity index (χ0v) is 23.6. The third-order valence-corrected chi connectivity index (χ3v) is 6.88. The van der Waals surface area contributed by atoms with Gasteiger partial charge in [-0.05, 0) is 48.2 Å². The second-order valence-corrected chi connectivity index (χ2v) is 10.7. The fourth-order valence-electron chi connectivity index (χ4n) is 4.51. The number of fused-ring (bicyclic) bond motifs is 1. The summed E-state index contributed by atoms with van der Waals surface area (Å²) in [5.41, 5.74) is 7.47. The van der Waals surface area contributed by atoms with E-state index in [-0.39, 0.29) is 17.7 Å². The summed E-state index contributed by atoms with van der Waals surface area (Å²) in [7, 11) is 4.82. The lowest BCUT2D eigenvalue weighted by Crippen LogP contribution is -2.55. The molecule has 3 N–H and O–H groups in total. The maximum atomic E-state index is 14.1. The van der Waals surface area contributed by atoms with Crippen LogP contribution in [0.15, 0.2) is 84.9 Å². The Morgan fingerprint density at radius 1 is 0.846 bits per heavy atom. The van der Waals surface area contributed by atoms with Crippen molar-refractivity contribution in [2.75, 3.05) is 21.1 Å². The van der Waals surface area contributed by atoms with Crippen molar-refractivity contribution in [3.05, 3.63) is 96.1 Å². The molecule has 0 heterocycles. The Hall–Kier alpha value is -3.97. The molecule has 0 spiro atoms. The van der Waals surface area contributed by atoms with E-state index in [1.54, 1.807) is 27.2 Å². The standard InChI is InChI=1S/C32H40N4O3/c1-32(2,33)19-11-16-29(37)35(4)28(22-24-17-18-25-14-9-10-15-26(25)20-24)31(39)36(5)27(30(38)34-3)21-23-12-7-6-8-13-23/h6-18,20,27-28H,19,21-22,33H2,1-5H3,(H,34,38)/b16-11+/t27-,28-/m0/s1. The van der Waals surface area contributed by atoms with Crippen LogP contribution in [0.25, 0.3) is 10.8 Å². The molecular weight excluding hydrogens is 488 g/mol. The summed E-state index contributed by atoms with van der Waals surface area (Å²) >= 11 is 0. The molecule has 3 amide bonds. The number of nitrogens with one attached hydrogen (secondary N) is 1. The van der Waals surface area contributed by atoms with E-state index in [1.165, 1.54) is 15.9 Å². The molecule has 39 heavy (non-hydrogen) atoms. The minimum atomic E-state index is -0.817. The van der Waals surface area contributed by atoms with Gasteiger partial charge in [-0.1, -0.05) is 78.9 Å². The van der Waals surface area contributed by atoms with Crippen LogP contribution in [0.3, 0.4) is 0 Å². The first-order chi connectivity index (χ1) is 18.5. The quantitative estimate of drug-likeness (QED) is 0.371. The van der Waals surface area contributed by atoms with Gasteiger partial charge in [0.15, 0.2) is 0 Å². The second kappa shape index (κ2) is 13.2. The van der Waals surface area contributed by atoms with Crippen LogP contribution >= 0.6 is 0 Å². The highest BCUT2D eigenvalue weighted by atomic mass is 16.2. The van der Waals surface area contributed by atoms with Gasteiger partial charge in [-0.15, -0.1) is 0 Å². The Bertz CT molecular complexity index is 1310. The highest BCUT2D eigenvalue weighted by Gasteiger charge is 2.34. The minimum Gasteiger partial charge on any atom is -0.357 e. The molecule has 2 atom stereocenters. The Balaban J connectivity index is 1.93. The predicted octanol–water partition coefficient (Wildman–Crippen LogP) is 3.71. The maximum Gasteiger partial charge on any atom is 0.246 e. The largest absolute Gasteiger partial charge is 0.357 e. The van der Waals surface area contributed by atoms with Crippen LogP contribution < -0.4 is 11.1 Å². The molecule has 0 bridgehead atoms. The summed E-state index contributed by atoms with van der Waals surface area (Å²) in [6.07, 6.45) is 4.39. The number of carbonyl (C=O) groups excluding carboxylic acids is 3. The molecule has 0 unspecified atom stereocenters. The molecule has 3 aromatic carbocycles. The molecule has 0 aliphatic carbocycles. The van der Waals surface area contributed by atoms with Crippen molar-refractivity contribution >= 4 is 28.5 Å².